The SMILES string of the molecule is COCCN(CC(=O)Nc1cc(C(C)(C)C)nn1-c1ccccc1C)C(=O)Nc1cccc(Br)c1. The second-order valence-electron chi connectivity index (χ2n) is 9.27. The van der Waals surface area contributed by atoms with Gasteiger partial charge in [0.2, 0.25) is 5.91 Å². The molecule has 2 aromatic carbocycles. The van der Waals surface area contributed by atoms with Crippen LogP contribution in [0, 0.1) is 6.92 Å². The minimum Gasteiger partial charge on any atom is -0.383 e. The number of carbonyl (C=O) groups is 2. The molecule has 1 aromatic heterocycles. The Morgan fingerprint density at radius 2 is 1.83 bits per heavy atom. The molecule has 0 atom stereocenters. The van der Waals surface area contributed by atoms with Crippen molar-refractivity contribution in [1.29, 1.82) is 0 Å². The van der Waals surface area contributed by atoms with Gasteiger partial charge in [0.05, 0.1) is 18.0 Å². The summed E-state index contributed by atoms with van der Waals surface area (Å²) in [5, 5.41) is 10.6. The first-order valence-electron chi connectivity index (χ1n) is 11.4. The number of aromatic nitrogens is 2. The zero-order valence-electron chi connectivity index (χ0n) is 20.8. The molecule has 186 valence electrons. The Balaban J connectivity index is 1.82. The van der Waals surface area contributed by atoms with Gasteiger partial charge in [-0.2, -0.15) is 5.10 Å². The maximum atomic E-state index is 13.1. The van der Waals surface area contributed by atoms with Crippen LogP contribution >= 0.6 is 15.9 Å². The van der Waals surface area contributed by atoms with Crippen molar-refractivity contribution >= 4 is 39.4 Å². The third kappa shape index (κ3) is 7.16. The molecule has 3 amide bonds. The minimum atomic E-state index is -0.391. The second kappa shape index (κ2) is 11.5. The summed E-state index contributed by atoms with van der Waals surface area (Å²) in [6, 6.07) is 16.6. The normalized spacial score (nSPS) is 11.3. The number of amides is 3. The lowest BCUT2D eigenvalue weighted by molar-refractivity contribution is -0.116. The van der Waals surface area contributed by atoms with Crippen LogP contribution in [0.25, 0.3) is 5.69 Å². The number of nitrogens with one attached hydrogen (secondary N) is 2. The van der Waals surface area contributed by atoms with E-state index in [1.54, 1.807) is 23.9 Å². The molecule has 0 aliphatic carbocycles. The largest absolute Gasteiger partial charge is 0.383 e. The number of halogens is 1. The Kier molecular flexibility index (Phi) is 8.69. The lowest BCUT2D eigenvalue weighted by Crippen LogP contribution is -2.42. The van der Waals surface area contributed by atoms with Crippen LogP contribution in [0.3, 0.4) is 0 Å². The van der Waals surface area contributed by atoms with Gasteiger partial charge in [0.1, 0.15) is 12.4 Å². The summed E-state index contributed by atoms with van der Waals surface area (Å²) in [5.74, 6) is 0.217. The standard InChI is InChI=1S/C26H32BrN5O3/c1-18-9-6-7-12-21(18)32-23(16-22(30-32)26(2,3)4)29-24(33)17-31(13-14-35-5)25(34)28-20-11-8-10-19(27)15-20/h6-12,15-16H,13-14,17H2,1-5H3,(H,28,34)(H,29,33). The number of aryl methyl sites for hydroxylation is 1. The van der Waals surface area contributed by atoms with Crippen LogP contribution in [0.2, 0.25) is 0 Å². The summed E-state index contributed by atoms with van der Waals surface area (Å²) in [7, 11) is 1.55. The Morgan fingerprint density at radius 3 is 2.49 bits per heavy atom. The average molecular weight is 542 g/mol. The van der Waals surface area contributed by atoms with Crippen LogP contribution in [0.1, 0.15) is 32.0 Å². The topological polar surface area (TPSA) is 88.5 Å². The molecule has 0 spiro atoms. The van der Waals surface area contributed by atoms with Crippen LogP contribution in [-0.4, -0.2) is 53.4 Å². The molecule has 3 aromatic rings. The molecule has 0 bridgehead atoms. The van der Waals surface area contributed by atoms with Gasteiger partial charge in [0.25, 0.3) is 0 Å². The highest BCUT2D eigenvalue weighted by Crippen LogP contribution is 2.27. The number of urea groups is 1. The number of hydrogen-bond acceptors (Lipinski definition) is 4. The molecule has 0 unspecified atom stereocenters. The molecule has 9 heteroatoms. The maximum absolute atomic E-state index is 13.1. The van der Waals surface area contributed by atoms with Crippen molar-refractivity contribution in [2.24, 2.45) is 0 Å². The van der Waals surface area contributed by atoms with Crippen molar-refractivity contribution in [3.8, 4) is 5.69 Å². The molecular weight excluding hydrogens is 510 g/mol. The summed E-state index contributed by atoms with van der Waals surface area (Å²) >= 11 is 3.40. The van der Waals surface area contributed by atoms with E-state index in [2.05, 4.69) is 47.3 Å². The zero-order valence-corrected chi connectivity index (χ0v) is 22.3. The van der Waals surface area contributed by atoms with Gasteiger partial charge in [-0.3, -0.25) is 4.79 Å². The predicted molar refractivity (Wildman–Crippen MR) is 142 cm³/mol. The lowest BCUT2D eigenvalue weighted by atomic mass is 9.92. The van der Waals surface area contributed by atoms with Gasteiger partial charge in [-0.05, 0) is 36.8 Å². The van der Waals surface area contributed by atoms with E-state index in [4.69, 9.17) is 9.84 Å². The van der Waals surface area contributed by atoms with Gasteiger partial charge in [-0.1, -0.05) is 61.0 Å². The molecule has 0 fully saturated rings. The van der Waals surface area contributed by atoms with E-state index in [1.165, 1.54) is 4.90 Å². The van der Waals surface area contributed by atoms with Crippen molar-refractivity contribution in [3.05, 3.63) is 70.3 Å². The van der Waals surface area contributed by atoms with Gasteiger partial charge in [0.15, 0.2) is 0 Å². The Bertz CT molecular complexity index is 1190. The van der Waals surface area contributed by atoms with Gasteiger partial charge in [-0.15, -0.1) is 0 Å². The Morgan fingerprint density at radius 1 is 1.09 bits per heavy atom. The van der Waals surface area contributed by atoms with Gasteiger partial charge >= 0.3 is 6.03 Å². The van der Waals surface area contributed by atoms with Crippen molar-refractivity contribution < 1.29 is 14.3 Å². The van der Waals surface area contributed by atoms with Gasteiger partial charge in [0, 0.05) is 35.3 Å². The Labute approximate surface area is 214 Å². The van der Waals surface area contributed by atoms with Crippen LogP contribution in [0.5, 0.6) is 0 Å². The molecule has 3 rings (SSSR count). The first-order valence-corrected chi connectivity index (χ1v) is 12.1. The van der Waals surface area contributed by atoms with E-state index < -0.39 is 6.03 Å². The van der Waals surface area contributed by atoms with Crippen LogP contribution in [0.15, 0.2) is 59.1 Å². The fourth-order valence-corrected chi connectivity index (χ4v) is 3.80. The number of ether oxygens (including phenoxy) is 1. The highest BCUT2D eigenvalue weighted by Gasteiger charge is 2.23. The van der Waals surface area contributed by atoms with Crippen molar-refractivity contribution in [3.63, 3.8) is 0 Å². The number of benzene rings is 2. The van der Waals surface area contributed by atoms with E-state index >= 15 is 0 Å². The molecule has 0 radical (unpaired) electrons. The average Bonchev–Trinajstić information content (AvgIpc) is 3.21. The number of nitrogens with zero attached hydrogens (tertiary/aromatic N) is 3. The molecule has 0 saturated carbocycles. The first-order chi connectivity index (χ1) is 16.6. The number of rotatable bonds is 8. The van der Waals surface area contributed by atoms with E-state index in [0.29, 0.717) is 18.1 Å². The highest BCUT2D eigenvalue weighted by molar-refractivity contribution is 9.10. The smallest absolute Gasteiger partial charge is 0.322 e. The summed E-state index contributed by atoms with van der Waals surface area (Å²) in [4.78, 5) is 27.5. The van der Waals surface area contributed by atoms with E-state index in [9.17, 15) is 9.59 Å². The number of anilines is 2. The fourth-order valence-electron chi connectivity index (χ4n) is 3.40. The molecule has 1 heterocycles. The van der Waals surface area contributed by atoms with E-state index in [1.807, 2.05) is 49.4 Å². The summed E-state index contributed by atoms with van der Waals surface area (Å²) < 4.78 is 7.74. The monoisotopic (exact) mass is 541 g/mol. The predicted octanol–water partition coefficient (Wildman–Crippen LogP) is 5.36. The van der Waals surface area contributed by atoms with Crippen LogP contribution in [-0.2, 0) is 14.9 Å². The number of methoxy groups -OCH3 is 1. The summed E-state index contributed by atoms with van der Waals surface area (Å²) in [6.07, 6.45) is 0. The second-order valence-corrected chi connectivity index (χ2v) is 10.2. The molecule has 2 N–H and O–H groups in total. The van der Waals surface area contributed by atoms with Crippen molar-refractivity contribution in [2.45, 2.75) is 33.1 Å². The van der Waals surface area contributed by atoms with Gasteiger partial charge in [-0.25, -0.2) is 9.48 Å². The maximum Gasteiger partial charge on any atom is 0.322 e. The van der Waals surface area contributed by atoms with E-state index in [0.717, 1.165) is 21.4 Å². The quantitative estimate of drug-likeness (QED) is 0.401. The van der Waals surface area contributed by atoms with Crippen LogP contribution in [0.4, 0.5) is 16.3 Å². The van der Waals surface area contributed by atoms with Crippen molar-refractivity contribution in [1.82, 2.24) is 14.7 Å². The number of carbonyl (C=O) groups excluding carboxylic acids is 2. The van der Waals surface area contributed by atoms with E-state index in [-0.39, 0.29) is 24.4 Å². The highest BCUT2D eigenvalue weighted by atomic mass is 79.9. The Hall–Kier alpha value is -3.17. The number of hydrogen-bond donors (Lipinski definition) is 2. The first kappa shape index (κ1) is 26.4. The van der Waals surface area contributed by atoms with Crippen molar-refractivity contribution in [2.75, 3.05) is 37.4 Å². The van der Waals surface area contributed by atoms with Crippen LogP contribution < -0.4 is 10.6 Å². The summed E-state index contributed by atoms with van der Waals surface area (Å²) in [5.41, 5.74) is 3.17. The minimum absolute atomic E-state index is 0.146. The lowest BCUT2D eigenvalue weighted by Gasteiger charge is -2.22. The zero-order chi connectivity index (χ0) is 25.6. The molecule has 0 aliphatic rings. The molecule has 35 heavy (non-hydrogen) atoms. The third-order valence-corrected chi connectivity index (χ3v) is 5.85. The fraction of sp³-hybridized carbons (Fsp3) is 0.346. The van der Waals surface area contributed by atoms with Gasteiger partial charge < -0.3 is 20.3 Å². The molecule has 0 aliphatic heterocycles. The molecule has 8 nitrogen and oxygen atoms in total. The summed E-state index contributed by atoms with van der Waals surface area (Å²) in [6.45, 7) is 8.62. The number of para-hydroxylation sites is 1. The molecular formula is C26H32BrN5O3. The molecule has 0 saturated heterocycles. The third-order valence-electron chi connectivity index (χ3n) is 5.35.